The minimum absolute atomic E-state index is 0. The number of hydrogen-bond donors (Lipinski definition) is 0. The van der Waals surface area contributed by atoms with Gasteiger partial charge >= 0.3 is 36.9 Å². The summed E-state index contributed by atoms with van der Waals surface area (Å²) in [6, 6.07) is 0. The van der Waals surface area contributed by atoms with Gasteiger partial charge in [-0.25, -0.2) is 0 Å². The van der Waals surface area contributed by atoms with Crippen LogP contribution in [0.3, 0.4) is 0 Å². The molecule has 0 radical (unpaired) electrons. The zero-order chi connectivity index (χ0) is 17.9. The first-order valence-corrected chi connectivity index (χ1v) is 7.18. The number of carbonyl (C=O) groups is 3. The second-order valence-electron chi connectivity index (χ2n) is 8.25. The molecule has 0 aliphatic heterocycles. The van der Waals surface area contributed by atoms with Crippen LogP contribution < -0.4 is 29.6 Å². The molecule has 0 atom stereocenters. The van der Waals surface area contributed by atoms with Crippen molar-refractivity contribution in [2.75, 3.05) is 0 Å². The van der Waals surface area contributed by atoms with Crippen LogP contribution in [0.1, 0.15) is 62.3 Å². The van der Waals surface area contributed by atoms with E-state index in [4.69, 9.17) is 14.0 Å². The molecule has 0 spiro atoms. The van der Waals surface area contributed by atoms with Gasteiger partial charge in [0.25, 0.3) is 17.9 Å². The summed E-state index contributed by atoms with van der Waals surface area (Å²) in [7, 11) is -1.69. The fourth-order valence-corrected chi connectivity index (χ4v) is 0.865. The number of carbonyl (C=O) groups excluding carboxylic acids is 3. The molecule has 8 heteroatoms. The van der Waals surface area contributed by atoms with Gasteiger partial charge in [-0.15, -0.1) is 0 Å². The second-order valence-corrected chi connectivity index (χ2v) is 8.25. The van der Waals surface area contributed by atoms with Gasteiger partial charge in [0.15, 0.2) is 0 Å². The predicted molar refractivity (Wildman–Crippen MR) is 82.4 cm³/mol. The maximum Gasteiger partial charge on any atom is 1.00 e. The summed E-state index contributed by atoms with van der Waals surface area (Å²) in [5.74, 6) is -1.91. The third-order valence-electron chi connectivity index (χ3n) is 2.45. The van der Waals surface area contributed by atoms with E-state index in [0.29, 0.717) is 0 Å². The molecule has 0 aromatic heterocycles. The molecule has 0 aliphatic carbocycles. The molecular weight excluding hydrogens is 310 g/mol. The molecule has 0 rings (SSSR count). The van der Waals surface area contributed by atoms with E-state index in [1.807, 2.05) is 0 Å². The molecule has 0 aromatic rings. The minimum atomic E-state index is -1.69. The topological polar surface area (TPSA) is 78.9 Å². The Morgan fingerprint density at radius 3 is 0.870 bits per heavy atom. The Labute approximate surface area is 161 Å². The Morgan fingerprint density at radius 2 is 0.739 bits per heavy atom. The molecule has 0 heterocycles. The van der Waals surface area contributed by atoms with Crippen molar-refractivity contribution in [1.82, 2.24) is 0 Å². The van der Waals surface area contributed by atoms with Crippen LogP contribution in [0.4, 0.5) is 0 Å². The first-order valence-electron chi connectivity index (χ1n) is 7.18. The third-order valence-corrected chi connectivity index (χ3v) is 2.45. The maximum absolute atomic E-state index is 11.9. The summed E-state index contributed by atoms with van der Waals surface area (Å²) >= 11 is 0. The van der Waals surface area contributed by atoms with Crippen molar-refractivity contribution in [2.45, 2.75) is 62.3 Å². The fraction of sp³-hybridized carbons (Fsp3) is 0.800. The van der Waals surface area contributed by atoms with Gasteiger partial charge in [0.2, 0.25) is 0 Å². The van der Waals surface area contributed by atoms with Gasteiger partial charge in [-0.3, -0.25) is 14.4 Å². The molecule has 0 unspecified atom stereocenters. The van der Waals surface area contributed by atoms with E-state index in [1.54, 1.807) is 62.3 Å². The van der Waals surface area contributed by atoms with Crippen molar-refractivity contribution in [1.29, 1.82) is 0 Å². The summed E-state index contributed by atoms with van der Waals surface area (Å²) < 4.78 is 15.1. The Bertz CT molecular complexity index is 376. The van der Waals surface area contributed by atoms with Gasteiger partial charge < -0.3 is 14.0 Å². The molecule has 0 amide bonds. The molecule has 6 nitrogen and oxygen atoms in total. The Morgan fingerprint density at radius 1 is 0.565 bits per heavy atom. The standard InChI is InChI=1S/C15H27BO6.Na/c1-13(2,3)10(17)20-16(21-11(18)14(4,5)6)22-12(19)15(7,8)9;/h1-9H3;/q;+1. The van der Waals surface area contributed by atoms with Gasteiger partial charge in [0, 0.05) is 0 Å². The summed E-state index contributed by atoms with van der Waals surface area (Å²) in [5, 5.41) is 0. The largest absolute Gasteiger partial charge is 1.00 e. The average Bonchev–Trinajstić information content (AvgIpc) is 2.24. The van der Waals surface area contributed by atoms with E-state index < -0.39 is 41.5 Å². The van der Waals surface area contributed by atoms with Crippen LogP contribution in [-0.2, 0) is 28.3 Å². The normalized spacial score (nSPS) is 11.9. The summed E-state index contributed by atoms with van der Waals surface area (Å²) in [5.41, 5.74) is -2.46. The van der Waals surface area contributed by atoms with Crippen LogP contribution in [-0.4, -0.2) is 25.2 Å². The van der Waals surface area contributed by atoms with Crippen LogP contribution in [0.25, 0.3) is 0 Å². The monoisotopic (exact) mass is 337 g/mol. The number of hydrogen-bond acceptors (Lipinski definition) is 6. The van der Waals surface area contributed by atoms with Crippen molar-refractivity contribution < 1.29 is 57.9 Å². The van der Waals surface area contributed by atoms with E-state index >= 15 is 0 Å². The average molecular weight is 337 g/mol. The quantitative estimate of drug-likeness (QED) is 0.661. The van der Waals surface area contributed by atoms with Gasteiger partial charge in [-0.05, 0) is 62.3 Å². The van der Waals surface area contributed by atoms with E-state index in [-0.39, 0.29) is 29.6 Å². The summed E-state index contributed by atoms with van der Waals surface area (Å²) in [6.45, 7) is 14.8. The van der Waals surface area contributed by atoms with Crippen LogP contribution in [0, 0.1) is 16.2 Å². The van der Waals surface area contributed by atoms with E-state index in [1.165, 1.54) is 0 Å². The molecule has 0 bridgehead atoms. The Balaban J connectivity index is 0. The van der Waals surface area contributed by atoms with E-state index in [0.717, 1.165) is 0 Å². The van der Waals surface area contributed by atoms with Crippen LogP contribution in [0.5, 0.6) is 0 Å². The predicted octanol–water partition coefficient (Wildman–Crippen LogP) is -0.257. The zero-order valence-corrected chi connectivity index (χ0v) is 18.0. The van der Waals surface area contributed by atoms with E-state index in [2.05, 4.69) is 0 Å². The molecule has 0 aromatic carbocycles. The van der Waals surface area contributed by atoms with Crippen molar-refractivity contribution in [3.63, 3.8) is 0 Å². The second kappa shape index (κ2) is 8.54. The summed E-state index contributed by atoms with van der Waals surface area (Å²) in [6.07, 6.45) is 0. The minimum Gasteiger partial charge on any atom is -0.462 e. The van der Waals surface area contributed by atoms with Gasteiger partial charge in [-0.2, -0.15) is 0 Å². The van der Waals surface area contributed by atoms with Crippen LogP contribution in [0.15, 0.2) is 0 Å². The zero-order valence-electron chi connectivity index (χ0n) is 16.0. The molecular formula is C15H27BNaO6+. The molecule has 0 saturated carbocycles. The maximum atomic E-state index is 11.9. The van der Waals surface area contributed by atoms with Crippen LogP contribution >= 0.6 is 0 Å². The Kier molecular flexibility index (Phi) is 9.18. The third kappa shape index (κ3) is 9.38. The first kappa shape index (κ1) is 24.7. The fourth-order valence-electron chi connectivity index (χ4n) is 0.865. The van der Waals surface area contributed by atoms with Crippen LogP contribution in [0.2, 0.25) is 0 Å². The number of rotatable bonds is 3. The Hall–Kier alpha value is -0.525. The van der Waals surface area contributed by atoms with E-state index in [9.17, 15) is 14.4 Å². The van der Waals surface area contributed by atoms with Gasteiger partial charge in [0.1, 0.15) is 0 Å². The van der Waals surface area contributed by atoms with Gasteiger partial charge in [-0.1, -0.05) is 0 Å². The molecule has 23 heavy (non-hydrogen) atoms. The van der Waals surface area contributed by atoms with Crippen molar-refractivity contribution in [3.05, 3.63) is 0 Å². The molecule has 0 saturated heterocycles. The molecule has 0 N–H and O–H groups in total. The van der Waals surface area contributed by atoms with Crippen molar-refractivity contribution in [3.8, 4) is 0 Å². The molecule has 0 fully saturated rings. The van der Waals surface area contributed by atoms with Gasteiger partial charge in [0.05, 0.1) is 16.2 Å². The smallest absolute Gasteiger partial charge is 0.462 e. The van der Waals surface area contributed by atoms with Crippen molar-refractivity contribution >= 4 is 25.2 Å². The summed E-state index contributed by atoms with van der Waals surface area (Å²) in [4.78, 5) is 35.8. The van der Waals surface area contributed by atoms with Crippen molar-refractivity contribution in [2.24, 2.45) is 16.2 Å². The molecule has 0 aliphatic rings. The molecule has 126 valence electrons. The first-order chi connectivity index (χ1) is 9.55. The SMILES string of the molecule is CC(C)(C)C(=O)OB(OC(=O)C(C)(C)C)OC(=O)C(C)(C)C.[Na+].